The van der Waals surface area contributed by atoms with E-state index in [2.05, 4.69) is 11.9 Å². The van der Waals surface area contributed by atoms with E-state index < -0.39 is 10.8 Å². The maximum Gasteiger partial charge on any atom is 0.291 e. The van der Waals surface area contributed by atoms with Gasteiger partial charge in [-0.3, -0.25) is 14.9 Å². The molecule has 0 spiro atoms. The Kier molecular flexibility index (Phi) is 7.67. The van der Waals surface area contributed by atoms with Crippen molar-refractivity contribution in [1.29, 1.82) is 0 Å². The van der Waals surface area contributed by atoms with Crippen molar-refractivity contribution in [3.8, 4) is 17.2 Å². The van der Waals surface area contributed by atoms with Crippen LogP contribution in [0, 0.1) is 10.1 Å². The van der Waals surface area contributed by atoms with Gasteiger partial charge in [-0.2, -0.15) is 0 Å². The number of para-hydroxylation sites is 1. The molecular formula is C27H21ClN2O6. The molecule has 1 N–H and O–H groups in total. The molecule has 0 saturated carbocycles. The van der Waals surface area contributed by atoms with E-state index in [1.54, 1.807) is 36.4 Å². The molecule has 4 aromatic rings. The van der Waals surface area contributed by atoms with Crippen LogP contribution < -0.4 is 14.8 Å². The van der Waals surface area contributed by atoms with E-state index >= 15 is 0 Å². The Bertz CT molecular complexity index is 1400. The lowest BCUT2D eigenvalue weighted by Crippen LogP contribution is -2.11. The Morgan fingerprint density at radius 1 is 1.06 bits per heavy atom. The van der Waals surface area contributed by atoms with Gasteiger partial charge in [0.25, 0.3) is 11.6 Å². The Morgan fingerprint density at radius 3 is 2.58 bits per heavy atom. The fraction of sp³-hybridized carbons (Fsp3) is 0.0741. The van der Waals surface area contributed by atoms with Gasteiger partial charge in [0, 0.05) is 17.2 Å². The molecule has 0 aliphatic carbocycles. The number of furan rings is 1. The molecule has 0 bridgehead atoms. The van der Waals surface area contributed by atoms with Gasteiger partial charge in [-0.05, 0) is 54.4 Å². The fourth-order valence-electron chi connectivity index (χ4n) is 3.35. The number of ether oxygens (including phenoxy) is 2. The number of benzene rings is 3. The van der Waals surface area contributed by atoms with Gasteiger partial charge in [-0.25, -0.2) is 0 Å². The lowest BCUT2D eigenvalue weighted by molar-refractivity contribution is -0.384. The predicted octanol–water partition coefficient (Wildman–Crippen LogP) is 7.19. The number of non-ortho nitro benzene ring substituents is 1. The monoisotopic (exact) mass is 504 g/mol. The van der Waals surface area contributed by atoms with Crippen LogP contribution in [0.1, 0.15) is 21.9 Å². The summed E-state index contributed by atoms with van der Waals surface area (Å²) in [5.41, 5.74) is 0.911. The number of halogens is 1. The number of anilines is 1. The van der Waals surface area contributed by atoms with Crippen LogP contribution in [0.4, 0.5) is 11.4 Å². The molecule has 0 unspecified atom stereocenters. The second-order valence-electron chi connectivity index (χ2n) is 7.64. The third-order valence-electron chi connectivity index (χ3n) is 5.00. The Labute approximate surface area is 211 Å². The molecule has 0 atom stereocenters. The summed E-state index contributed by atoms with van der Waals surface area (Å²) in [6.07, 6.45) is 2.45. The van der Waals surface area contributed by atoms with E-state index in [0.717, 1.165) is 5.56 Å². The van der Waals surface area contributed by atoms with Crippen molar-refractivity contribution in [2.24, 2.45) is 0 Å². The lowest BCUT2D eigenvalue weighted by Gasteiger charge is -2.09. The second-order valence-corrected chi connectivity index (χ2v) is 8.07. The molecule has 182 valence electrons. The summed E-state index contributed by atoms with van der Waals surface area (Å²) < 4.78 is 17.2. The molecule has 36 heavy (non-hydrogen) atoms. The first-order valence-corrected chi connectivity index (χ1v) is 11.2. The average Bonchev–Trinajstić information content (AvgIpc) is 3.34. The van der Waals surface area contributed by atoms with Crippen molar-refractivity contribution in [3.63, 3.8) is 0 Å². The Balaban J connectivity index is 1.45. The first kappa shape index (κ1) is 24.6. The molecule has 1 amide bonds. The standard InChI is InChI=1S/C27H21ClN2O6/c1-2-5-18-6-3-4-7-25(18)34-17-23-12-13-26(36-23)27(31)29-20-14-21(30(32)33)16-24(15-20)35-22-10-8-19(28)9-11-22/h2-4,6-16H,1,5,17H2,(H,29,31). The molecule has 1 aromatic heterocycles. The van der Waals surface area contributed by atoms with E-state index in [1.165, 1.54) is 24.3 Å². The average molecular weight is 505 g/mol. The van der Waals surface area contributed by atoms with Crippen molar-refractivity contribution in [1.82, 2.24) is 0 Å². The highest BCUT2D eigenvalue weighted by Crippen LogP contribution is 2.30. The molecule has 0 aliphatic rings. The van der Waals surface area contributed by atoms with Gasteiger partial charge in [-0.1, -0.05) is 35.9 Å². The van der Waals surface area contributed by atoms with Crippen molar-refractivity contribution >= 4 is 28.9 Å². The molecule has 0 aliphatic heterocycles. The first-order valence-electron chi connectivity index (χ1n) is 10.9. The predicted molar refractivity (Wildman–Crippen MR) is 136 cm³/mol. The lowest BCUT2D eigenvalue weighted by atomic mass is 10.1. The Hall–Kier alpha value is -4.56. The molecule has 9 heteroatoms. The molecule has 4 rings (SSSR count). The van der Waals surface area contributed by atoms with Crippen LogP contribution in [-0.2, 0) is 13.0 Å². The van der Waals surface area contributed by atoms with Crippen molar-refractivity contribution in [2.45, 2.75) is 13.0 Å². The summed E-state index contributed by atoms with van der Waals surface area (Å²) in [4.78, 5) is 23.6. The van der Waals surface area contributed by atoms with Crippen LogP contribution in [0.15, 0.2) is 95.9 Å². The molecule has 0 radical (unpaired) electrons. The first-order chi connectivity index (χ1) is 17.4. The maximum atomic E-state index is 12.7. The maximum absolute atomic E-state index is 12.7. The minimum atomic E-state index is -0.578. The normalized spacial score (nSPS) is 10.5. The topological polar surface area (TPSA) is 104 Å². The SMILES string of the molecule is C=CCc1ccccc1OCc1ccc(C(=O)Nc2cc(Oc3ccc(Cl)cc3)cc([N+](=O)[O-])c2)o1. The van der Waals surface area contributed by atoms with Crippen LogP contribution in [-0.4, -0.2) is 10.8 Å². The third kappa shape index (κ3) is 6.31. The van der Waals surface area contributed by atoms with Gasteiger partial charge in [0.1, 0.15) is 29.6 Å². The number of amides is 1. The molecular weight excluding hydrogens is 484 g/mol. The number of carbonyl (C=O) groups is 1. The van der Waals surface area contributed by atoms with E-state index in [4.69, 9.17) is 25.5 Å². The molecule has 1 heterocycles. The largest absolute Gasteiger partial charge is 0.485 e. The van der Waals surface area contributed by atoms with Gasteiger partial charge in [0.05, 0.1) is 16.7 Å². The number of carbonyl (C=O) groups excluding carboxylic acids is 1. The van der Waals surface area contributed by atoms with Crippen molar-refractivity contribution in [2.75, 3.05) is 5.32 Å². The van der Waals surface area contributed by atoms with Crippen LogP contribution in [0.5, 0.6) is 17.2 Å². The smallest absolute Gasteiger partial charge is 0.291 e. The van der Waals surface area contributed by atoms with Crippen LogP contribution in [0.2, 0.25) is 5.02 Å². The highest BCUT2D eigenvalue weighted by atomic mass is 35.5. The Morgan fingerprint density at radius 2 is 1.83 bits per heavy atom. The zero-order chi connectivity index (χ0) is 25.5. The number of nitro benzene ring substituents is 1. The van der Waals surface area contributed by atoms with E-state index in [0.29, 0.717) is 28.7 Å². The zero-order valence-corrected chi connectivity index (χ0v) is 19.7. The number of hydrogen-bond donors (Lipinski definition) is 1. The van der Waals surface area contributed by atoms with Crippen LogP contribution >= 0.6 is 11.6 Å². The zero-order valence-electron chi connectivity index (χ0n) is 19.0. The number of nitro groups is 1. The van der Waals surface area contributed by atoms with Crippen molar-refractivity contribution in [3.05, 3.63) is 124 Å². The van der Waals surface area contributed by atoms with Gasteiger partial charge >= 0.3 is 0 Å². The molecule has 0 saturated heterocycles. The van der Waals surface area contributed by atoms with Crippen LogP contribution in [0.3, 0.4) is 0 Å². The summed E-state index contributed by atoms with van der Waals surface area (Å²) in [7, 11) is 0. The number of nitrogens with one attached hydrogen (secondary N) is 1. The van der Waals surface area contributed by atoms with E-state index in [9.17, 15) is 14.9 Å². The molecule has 8 nitrogen and oxygen atoms in total. The van der Waals surface area contributed by atoms with Crippen molar-refractivity contribution < 1.29 is 23.6 Å². The highest BCUT2D eigenvalue weighted by molar-refractivity contribution is 6.30. The minimum absolute atomic E-state index is 0.0275. The summed E-state index contributed by atoms with van der Waals surface area (Å²) in [5, 5.41) is 14.5. The number of allylic oxidation sites excluding steroid dienone is 1. The van der Waals surface area contributed by atoms with Gasteiger partial charge in [-0.15, -0.1) is 6.58 Å². The van der Waals surface area contributed by atoms with E-state index in [1.807, 2.05) is 24.3 Å². The summed E-state index contributed by atoms with van der Waals surface area (Å²) in [6.45, 7) is 3.87. The summed E-state index contributed by atoms with van der Waals surface area (Å²) in [5.74, 6) is 1.20. The number of nitrogens with zero attached hydrogens (tertiary/aromatic N) is 1. The number of rotatable bonds is 10. The van der Waals surface area contributed by atoms with Gasteiger partial charge < -0.3 is 19.2 Å². The summed E-state index contributed by atoms with van der Waals surface area (Å²) in [6, 6.07) is 21.2. The minimum Gasteiger partial charge on any atom is -0.485 e. The van der Waals surface area contributed by atoms with Crippen LogP contribution in [0.25, 0.3) is 0 Å². The highest BCUT2D eigenvalue weighted by Gasteiger charge is 2.16. The third-order valence-corrected chi connectivity index (χ3v) is 5.25. The summed E-state index contributed by atoms with van der Waals surface area (Å²) >= 11 is 5.88. The van der Waals surface area contributed by atoms with E-state index in [-0.39, 0.29) is 29.5 Å². The van der Waals surface area contributed by atoms with Gasteiger partial charge in [0.2, 0.25) is 0 Å². The molecule has 0 fully saturated rings. The number of hydrogen-bond acceptors (Lipinski definition) is 6. The van der Waals surface area contributed by atoms with Gasteiger partial charge in [0.15, 0.2) is 5.76 Å². The fourth-order valence-corrected chi connectivity index (χ4v) is 3.47. The second kappa shape index (κ2) is 11.2. The molecule has 3 aromatic carbocycles. The quantitative estimate of drug-likeness (QED) is 0.139.